The first kappa shape index (κ1) is 15.1. The first-order valence-corrected chi connectivity index (χ1v) is 7.30. The molecule has 1 aromatic carbocycles. The van der Waals surface area contributed by atoms with Crippen molar-refractivity contribution in [3.63, 3.8) is 0 Å². The Kier molecular flexibility index (Phi) is 4.58. The van der Waals surface area contributed by atoms with Gasteiger partial charge in [0.15, 0.2) is 5.82 Å². The number of methoxy groups -OCH3 is 1. The first-order valence-electron chi connectivity index (χ1n) is 7.30. The Morgan fingerprint density at radius 3 is 2.91 bits per heavy atom. The fraction of sp³-hybridized carbons (Fsp3) is 0.250. The lowest BCUT2D eigenvalue weighted by Crippen LogP contribution is -2.10. The molecule has 3 rings (SSSR count). The van der Waals surface area contributed by atoms with Crippen LogP contribution >= 0.6 is 0 Å². The summed E-state index contributed by atoms with van der Waals surface area (Å²) in [6.07, 6.45) is 3.18. The van der Waals surface area contributed by atoms with Gasteiger partial charge < -0.3 is 15.4 Å². The second-order valence-electron chi connectivity index (χ2n) is 5.06. The van der Waals surface area contributed by atoms with E-state index in [9.17, 15) is 0 Å². The zero-order chi connectivity index (χ0) is 16.1. The summed E-state index contributed by atoms with van der Waals surface area (Å²) in [6.45, 7) is 3.26. The van der Waals surface area contributed by atoms with E-state index >= 15 is 0 Å². The number of fused-ring (bicyclic) bond motifs is 1. The zero-order valence-corrected chi connectivity index (χ0v) is 13.1. The van der Waals surface area contributed by atoms with Crippen molar-refractivity contribution in [1.29, 1.82) is 0 Å². The largest absolute Gasteiger partial charge is 0.383 e. The molecule has 0 aliphatic rings. The molecule has 0 aliphatic heterocycles. The monoisotopic (exact) mass is 310 g/mol. The lowest BCUT2D eigenvalue weighted by atomic mass is 10.2. The van der Waals surface area contributed by atoms with Crippen LogP contribution in [0.1, 0.15) is 5.56 Å². The number of benzene rings is 1. The van der Waals surface area contributed by atoms with Crippen LogP contribution < -0.4 is 10.6 Å². The van der Waals surface area contributed by atoms with Crippen LogP contribution in [0.5, 0.6) is 0 Å². The van der Waals surface area contributed by atoms with Crippen molar-refractivity contribution in [2.45, 2.75) is 6.92 Å². The average Bonchev–Trinajstić information content (AvgIpc) is 2.56. The van der Waals surface area contributed by atoms with Crippen LogP contribution in [-0.2, 0) is 4.74 Å². The fourth-order valence-corrected chi connectivity index (χ4v) is 2.16. The van der Waals surface area contributed by atoms with E-state index in [-0.39, 0.29) is 0 Å². The predicted octanol–water partition coefficient (Wildman–Crippen LogP) is 2.53. The first-order chi connectivity index (χ1) is 11.3. The van der Waals surface area contributed by atoms with E-state index in [0.717, 1.165) is 5.69 Å². The van der Waals surface area contributed by atoms with E-state index in [1.807, 2.05) is 31.2 Å². The molecular weight excluding hydrogens is 292 g/mol. The van der Waals surface area contributed by atoms with Crippen molar-refractivity contribution in [2.75, 3.05) is 30.9 Å². The third-order valence-corrected chi connectivity index (χ3v) is 3.25. The van der Waals surface area contributed by atoms with Crippen molar-refractivity contribution < 1.29 is 4.74 Å². The Balaban J connectivity index is 1.91. The summed E-state index contributed by atoms with van der Waals surface area (Å²) < 4.78 is 5.01. The topological polar surface area (TPSA) is 84.8 Å². The second-order valence-corrected chi connectivity index (χ2v) is 5.06. The summed E-state index contributed by atoms with van der Waals surface area (Å²) in [4.78, 5) is 17.3. The van der Waals surface area contributed by atoms with Gasteiger partial charge in [0, 0.05) is 19.3 Å². The molecule has 118 valence electrons. The lowest BCUT2D eigenvalue weighted by molar-refractivity contribution is 0.210. The molecule has 7 heteroatoms. The summed E-state index contributed by atoms with van der Waals surface area (Å²) in [7, 11) is 1.65. The number of hydrogen-bond donors (Lipinski definition) is 2. The third kappa shape index (κ3) is 3.70. The van der Waals surface area contributed by atoms with Crippen molar-refractivity contribution in [2.24, 2.45) is 0 Å². The maximum absolute atomic E-state index is 5.01. The van der Waals surface area contributed by atoms with E-state index in [4.69, 9.17) is 4.74 Å². The molecule has 0 aliphatic carbocycles. The van der Waals surface area contributed by atoms with Crippen LogP contribution in [0.15, 0.2) is 36.8 Å². The van der Waals surface area contributed by atoms with E-state index < -0.39 is 0 Å². The minimum Gasteiger partial charge on any atom is -0.383 e. The van der Waals surface area contributed by atoms with E-state index in [2.05, 4.69) is 30.6 Å². The Hall–Kier alpha value is -2.80. The zero-order valence-electron chi connectivity index (χ0n) is 13.1. The number of nitrogens with zero attached hydrogens (tertiary/aromatic N) is 4. The fourth-order valence-electron chi connectivity index (χ4n) is 2.16. The van der Waals surface area contributed by atoms with Crippen LogP contribution in [0.25, 0.3) is 11.0 Å². The quantitative estimate of drug-likeness (QED) is 0.677. The Morgan fingerprint density at radius 1 is 1.17 bits per heavy atom. The molecule has 0 saturated heterocycles. The van der Waals surface area contributed by atoms with Crippen LogP contribution in [0.2, 0.25) is 0 Å². The van der Waals surface area contributed by atoms with Crippen molar-refractivity contribution in [1.82, 2.24) is 19.9 Å². The number of hydrogen-bond acceptors (Lipinski definition) is 7. The number of rotatable bonds is 6. The Bertz CT molecular complexity index is 807. The average molecular weight is 310 g/mol. The number of anilines is 3. The van der Waals surface area contributed by atoms with Gasteiger partial charge in [-0.1, -0.05) is 12.1 Å². The van der Waals surface area contributed by atoms with Gasteiger partial charge in [-0.3, -0.25) is 0 Å². The van der Waals surface area contributed by atoms with E-state index in [0.29, 0.717) is 36.0 Å². The van der Waals surface area contributed by atoms with Crippen molar-refractivity contribution >= 4 is 28.5 Å². The van der Waals surface area contributed by atoms with Crippen LogP contribution in [0.3, 0.4) is 0 Å². The van der Waals surface area contributed by atoms with Crippen molar-refractivity contribution in [3.05, 3.63) is 42.4 Å². The molecule has 23 heavy (non-hydrogen) atoms. The number of ether oxygens (including phenoxy) is 1. The third-order valence-electron chi connectivity index (χ3n) is 3.25. The highest BCUT2D eigenvalue weighted by Crippen LogP contribution is 2.22. The molecule has 2 aromatic heterocycles. The molecule has 0 unspecified atom stereocenters. The Labute approximate surface area is 134 Å². The van der Waals surface area contributed by atoms with Gasteiger partial charge in [-0.15, -0.1) is 0 Å². The normalized spacial score (nSPS) is 10.7. The molecule has 0 amide bonds. The molecule has 3 aromatic rings. The molecule has 2 N–H and O–H groups in total. The smallest absolute Gasteiger partial charge is 0.223 e. The molecule has 0 spiro atoms. The standard InChI is InChI=1S/C16H18N6O/c1-11-4-3-5-12(8-11)21-15-14-13(19-10-20-15)9-18-16(22-14)17-6-7-23-2/h3-5,8-10H,6-7H2,1-2H3,(H,17,18,22)(H,19,20,21). The molecule has 2 heterocycles. The summed E-state index contributed by atoms with van der Waals surface area (Å²) in [6, 6.07) is 8.07. The molecular formula is C16H18N6O. The Morgan fingerprint density at radius 2 is 2.09 bits per heavy atom. The van der Waals surface area contributed by atoms with Crippen LogP contribution in [0.4, 0.5) is 17.5 Å². The molecule has 0 saturated carbocycles. The summed E-state index contributed by atoms with van der Waals surface area (Å²) >= 11 is 0. The molecule has 0 radical (unpaired) electrons. The SMILES string of the molecule is COCCNc1ncc2ncnc(Nc3cccc(C)c3)c2n1. The molecule has 0 fully saturated rings. The number of nitrogens with one attached hydrogen (secondary N) is 2. The summed E-state index contributed by atoms with van der Waals surface area (Å²) in [5.74, 6) is 1.18. The van der Waals surface area contributed by atoms with Gasteiger partial charge in [0.25, 0.3) is 0 Å². The second kappa shape index (κ2) is 6.97. The van der Waals surface area contributed by atoms with Crippen molar-refractivity contribution in [3.8, 4) is 0 Å². The van der Waals surface area contributed by atoms with Gasteiger partial charge in [0.05, 0.1) is 12.8 Å². The van der Waals surface area contributed by atoms with Gasteiger partial charge in [-0.25, -0.2) is 19.9 Å². The lowest BCUT2D eigenvalue weighted by Gasteiger charge is -2.09. The maximum Gasteiger partial charge on any atom is 0.223 e. The van der Waals surface area contributed by atoms with Crippen LogP contribution in [0, 0.1) is 6.92 Å². The summed E-state index contributed by atoms with van der Waals surface area (Å²) in [5.41, 5.74) is 3.48. The highest BCUT2D eigenvalue weighted by atomic mass is 16.5. The predicted molar refractivity (Wildman–Crippen MR) is 90.0 cm³/mol. The van der Waals surface area contributed by atoms with Crippen LogP contribution in [-0.4, -0.2) is 40.2 Å². The number of aromatic nitrogens is 4. The minimum absolute atomic E-state index is 0.525. The molecule has 0 atom stereocenters. The van der Waals surface area contributed by atoms with Gasteiger partial charge in [-0.05, 0) is 24.6 Å². The summed E-state index contributed by atoms with van der Waals surface area (Å²) in [5, 5.41) is 6.40. The molecule has 0 bridgehead atoms. The van der Waals surface area contributed by atoms with Gasteiger partial charge in [0.2, 0.25) is 5.95 Å². The van der Waals surface area contributed by atoms with Gasteiger partial charge in [-0.2, -0.15) is 0 Å². The van der Waals surface area contributed by atoms with Gasteiger partial charge in [0.1, 0.15) is 17.4 Å². The maximum atomic E-state index is 5.01. The number of aryl methyl sites for hydroxylation is 1. The van der Waals surface area contributed by atoms with E-state index in [1.165, 1.54) is 11.9 Å². The molecule has 7 nitrogen and oxygen atoms in total. The highest BCUT2D eigenvalue weighted by Gasteiger charge is 2.08. The highest BCUT2D eigenvalue weighted by molar-refractivity contribution is 5.87. The minimum atomic E-state index is 0.525. The van der Waals surface area contributed by atoms with Gasteiger partial charge >= 0.3 is 0 Å². The van der Waals surface area contributed by atoms with E-state index in [1.54, 1.807) is 13.3 Å².